The lowest BCUT2D eigenvalue weighted by atomic mass is 10.1. The summed E-state index contributed by atoms with van der Waals surface area (Å²) in [6.45, 7) is 0. The molecule has 0 nitrogen and oxygen atoms in total. The topological polar surface area (TPSA) is 0 Å². The molecule has 0 N–H and O–H groups in total. The van der Waals surface area contributed by atoms with Gasteiger partial charge in [-0.3, -0.25) is 0 Å². The van der Waals surface area contributed by atoms with Gasteiger partial charge in [0.2, 0.25) is 0 Å². The molecule has 0 saturated carbocycles. The Morgan fingerprint density at radius 1 is 0.647 bits per heavy atom. The third-order valence-electron chi connectivity index (χ3n) is 2.26. The number of benzene rings is 2. The Bertz CT molecular complexity index is 577. The van der Waals surface area contributed by atoms with E-state index < -0.39 is 0 Å². The maximum absolute atomic E-state index is 6.15. The summed E-state index contributed by atoms with van der Waals surface area (Å²) in [5, 5.41) is 1.86. The van der Waals surface area contributed by atoms with Crippen LogP contribution < -0.4 is 0 Å². The average Bonchev–Trinajstić information content (AvgIpc) is 2.29. The SMILES string of the molecule is Clc1ccccc1-c1c(Cl)cc(Cl)c(Cl)c1Cl. The molecule has 0 aliphatic carbocycles. The van der Waals surface area contributed by atoms with Crippen LogP contribution in [0.5, 0.6) is 0 Å². The van der Waals surface area contributed by atoms with Crippen molar-refractivity contribution in [2.75, 3.05) is 0 Å². The second-order valence-electron chi connectivity index (χ2n) is 3.32. The van der Waals surface area contributed by atoms with E-state index in [9.17, 15) is 0 Å². The second kappa shape index (κ2) is 5.26. The van der Waals surface area contributed by atoms with Crippen molar-refractivity contribution in [3.8, 4) is 11.1 Å². The van der Waals surface area contributed by atoms with Gasteiger partial charge in [0.25, 0.3) is 0 Å². The molecular formula is C12H5Cl5. The normalized spacial score (nSPS) is 10.6. The van der Waals surface area contributed by atoms with Crippen LogP contribution >= 0.6 is 58.0 Å². The molecule has 0 atom stereocenters. The quantitative estimate of drug-likeness (QED) is 0.408. The Morgan fingerprint density at radius 3 is 1.94 bits per heavy atom. The monoisotopic (exact) mass is 324 g/mol. The van der Waals surface area contributed by atoms with Gasteiger partial charge in [0.15, 0.2) is 0 Å². The fourth-order valence-corrected chi connectivity index (χ4v) is 2.82. The van der Waals surface area contributed by atoms with Crippen LogP contribution in [0.1, 0.15) is 0 Å². The molecule has 0 aromatic heterocycles. The van der Waals surface area contributed by atoms with E-state index in [1.807, 2.05) is 18.2 Å². The van der Waals surface area contributed by atoms with Gasteiger partial charge in [0.1, 0.15) is 0 Å². The van der Waals surface area contributed by atoms with Crippen molar-refractivity contribution in [2.24, 2.45) is 0 Å². The molecule has 0 unspecified atom stereocenters. The van der Waals surface area contributed by atoms with Crippen LogP contribution in [-0.4, -0.2) is 0 Å². The van der Waals surface area contributed by atoms with Gasteiger partial charge in [-0.25, -0.2) is 0 Å². The van der Waals surface area contributed by atoms with Crippen molar-refractivity contribution in [1.82, 2.24) is 0 Å². The molecule has 88 valence electrons. The van der Waals surface area contributed by atoms with Gasteiger partial charge in [-0.1, -0.05) is 76.2 Å². The zero-order valence-corrected chi connectivity index (χ0v) is 12.1. The van der Waals surface area contributed by atoms with Gasteiger partial charge in [0, 0.05) is 16.1 Å². The summed E-state index contributed by atoms with van der Waals surface area (Å²) in [5.41, 5.74) is 1.32. The lowest BCUT2D eigenvalue weighted by molar-refractivity contribution is 1.61. The Labute approximate surface area is 124 Å². The molecule has 0 heterocycles. The van der Waals surface area contributed by atoms with Crippen molar-refractivity contribution in [3.63, 3.8) is 0 Å². The van der Waals surface area contributed by atoms with Crippen LogP contribution in [0, 0.1) is 0 Å². The summed E-state index contributed by atoms with van der Waals surface area (Å²) in [6.07, 6.45) is 0. The summed E-state index contributed by atoms with van der Waals surface area (Å²) in [7, 11) is 0. The first-order valence-electron chi connectivity index (χ1n) is 4.60. The summed E-state index contributed by atoms with van der Waals surface area (Å²) in [5.74, 6) is 0. The molecule has 2 aromatic carbocycles. The molecule has 0 amide bonds. The molecule has 2 rings (SSSR count). The molecule has 0 bridgehead atoms. The lowest BCUT2D eigenvalue weighted by Crippen LogP contribution is -1.85. The van der Waals surface area contributed by atoms with E-state index in [1.54, 1.807) is 12.1 Å². The van der Waals surface area contributed by atoms with E-state index in [4.69, 9.17) is 58.0 Å². The van der Waals surface area contributed by atoms with E-state index in [0.29, 0.717) is 25.7 Å². The van der Waals surface area contributed by atoms with E-state index in [2.05, 4.69) is 0 Å². The number of halogens is 5. The minimum atomic E-state index is 0.271. The number of hydrogen-bond donors (Lipinski definition) is 0. The largest absolute Gasteiger partial charge is 0.0837 e. The Morgan fingerprint density at radius 2 is 1.29 bits per heavy atom. The molecular weight excluding hydrogens is 321 g/mol. The van der Waals surface area contributed by atoms with E-state index in [0.717, 1.165) is 5.56 Å². The highest BCUT2D eigenvalue weighted by Crippen LogP contribution is 2.44. The molecule has 5 heteroatoms. The van der Waals surface area contributed by atoms with Gasteiger partial charge in [-0.2, -0.15) is 0 Å². The Balaban J connectivity index is 2.77. The number of hydrogen-bond acceptors (Lipinski definition) is 0. The van der Waals surface area contributed by atoms with E-state index in [1.165, 1.54) is 0 Å². The summed E-state index contributed by atoms with van der Waals surface area (Å²) < 4.78 is 0. The second-order valence-corrected chi connectivity index (χ2v) is 5.30. The van der Waals surface area contributed by atoms with Gasteiger partial charge in [-0.05, 0) is 12.1 Å². The van der Waals surface area contributed by atoms with E-state index >= 15 is 0 Å². The molecule has 0 fully saturated rings. The van der Waals surface area contributed by atoms with Crippen molar-refractivity contribution in [3.05, 3.63) is 55.4 Å². The minimum absolute atomic E-state index is 0.271. The van der Waals surface area contributed by atoms with E-state index in [-0.39, 0.29) is 5.02 Å². The highest BCUT2D eigenvalue weighted by molar-refractivity contribution is 6.51. The molecule has 0 aliphatic heterocycles. The maximum Gasteiger partial charge on any atom is 0.0785 e. The van der Waals surface area contributed by atoms with Crippen molar-refractivity contribution < 1.29 is 0 Å². The van der Waals surface area contributed by atoms with Crippen LogP contribution in [0.15, 0.2) is 30.3 Å². The van der Waals surface area contributed by atoms with Crippen molar-refractivity contribution >= 4 is 58.0 Å². The lowest BCUT2D eigenvalue weighted by Gasteiger charge is -2.11. The van der Waals surface area contributed by atoms with Gasteiger partial charge >= 0.3 is 0 Å². The Hall–Kier alpha value is -0.110. The molecule has 0 aliphatic rings. The minimum Gasteiger partial charge on any atom is -0.0837 e. The van der Waals surface area contributed by atoms with Crippen molar-refractivity contribution in [2.45, 2.75) is 0 Å². The molecule has 0 radical (unpaired) electrons. The first-order chi connectivity index (χ1) is 8.02. The smallest absolute Gasteiger partial charge is 0.0785 e. The highest BCUT2D eigenvalue weighted by Gasteiger charge is 2.16. The zero-order valence-electron chi connectivity index (χ0n) is 8.28. The summed E-state index contributed by atoms with van der Waals surface area (Å²) in [6, 6.07) is 8.79. The van der Waals surface area contributed by atoms with Gasteiger partial charge in [-0.15, -0.1) is 0 Å². The van der Waals surface area contributed by atoms with Crippen LogP contribution in [0.2, 0.25) is 25.1 Å². The molecule has 0 spiro atoms. The number of rotatable bonds is 1. The van der Waals surface area contributed by atoms with Crippen LogP contribution in [-0.2, 0) is 0 Å². The van der Waals surface area contributed by atoms with Crippen LogP contribution in [0.25, 0.3) is 11.1 Å². The van der Waals surface area contributed by atoms with Gasteiger partial charge < -0.3 is 0 Å². The Kier molecular flexibility index (Phi) is 4.12. The predicted octanol–water partition coefficient (Wildman–Crippen LogP) is 6.62. The fraction of sp³-hybridized carbons (Fsp3) is 0. The third-order valence-corrected chi connectivity index (χ3v) is 4.15. The molecule has 17 heavy (non-hydrogen) atoms. The first-order valence-corrected chi connectivity index (χ1v) is 6.49. The van der Waals surface area contributed by atoms with Crippen LogP contribution in [0.4, 0.5) is 0 Å². The molecule has 0 saturated heterocycles. The standard InChI is InChI=1S/C12H5Cl5/c13-7-4-2-1-3-6(7)10-8(14)5-9(15)11(16)12(10)17/h1-5H. The predicted molar refractivity (Wildman–Crippen MR) is 76.9 cm³/mol. The van der Waals surface area contributed by atoms with Gasteiger partial charge in [0.05, 0.1) is 20.1 Å². The summed E-state index contributed by atoms with van der Waals surface area (Å²) in [4.78, 5) is 0. The fourth-order valence-electron chi connectivity index (χ4n) is 1.48. The van der Waals surface area contributed by atoms with Crippen LogP contribution in [0.3, 0.4) is 0 Å². The highest BCUT2D eigenvalue weighted by atomic mass is 35.5. The zero-order chi connectivity index (χ0) is 12.6. The van der Waals surface area contributed by atoms with Crippen molar-refractivity contribution in [1.29, 1.82) is 0 Å². The maximum atomic E-state index is 6.15. The molecule has 2 aromatic rings. The summed E-state index contributed by atoms with van der Waals surface area (Å²) >= 11 is 30.3. The first kappa shape index (κ1) is 13.3. The third kappa shape index (κ3) is 2.52. The average molecular weight is 326 g/mol.